The number of likely N-dealkylation sites (tertiary alicyclic amines) is 1. The van der Waals surface area contributed by atoms with Crippen molar-refractivity contribution >= 4 is 23.2 Å². The second kappa shape index (κ2) is 9.28. The van der Waals surface area contributed by atoms with Gasteiger partial charge in [-0.15, -0.1) is 0 Å². The van der Waals surface area contributed by atoms with Crippen molar-refractivity contribution in [2.75, 3.05) is 31.1 Å². The number of piperidine rings is 1. The van der Waals surface area contributed by atoms with E-state index in [4.69, 9.17) is 0 Å². The quantitative estimate of drug-likeness (QED) is 0.762. The third-order valence-electron chi connectivity index (χ3n) is 6.08. The molecule has 3 heterocycles. The summed E-state index contributed by atoms with van der Waals surface area (Å²) in [5, 5.41) is 3.12. The molecule has 6 nitrogen and oxygen atoms in total. The molecule has 2 aliphatic rings. The zero-order chi connectivity index (χ0) is 22.7. The highest BCUT2D eigenvalue weighted by Crippen LogP contribution is 2.33. The molecule has 0 bridgehead atoms. The molecule has 4 rings (SSSR count). The number of hydrogen-bond donors (Lipinski definition) is 1. The Balaban J connectivity index is 1.44. The number of amides is 2. The molecule has 0 unspecified atom stereocenters. The third-order valence-corrected chi connectivity index (χ3v) is 6.08. The van der Waals surface area contributed by atoms with E-state index in [1.54, 1.807) is 23.4 Å². The van der Waals surface area contributed by atoms with Crippen LogP contribution in [0, 0.1) is 5.92 Å². The number of benzene rings is 1. The number of carbonyl (C=O) groups is 2. The lowest BCUT2D eigenvalue weighted by atomic mass is 9.89. The number of aromatic nitrogens is 1. The molecule has 2 saturated heterocycles. The van der Waals surface area contributed by atoms with Crippen LogP contribution >= 0.6 is 0 Å². The molecule has 32 heavy (non-hydrogen) atoms. The molecule has 2 amide bonds. The van der Waals surface area contributed by atoms with Gasteiger partial charge >= 0.3 is 6.18 Å². The molecule has 0 spiro atoms. The maximum absolute atomic E-state index is 13.1. The van der Waals surface area contributed by atoms with Crippen LogP contribution in [0.3, 0.4) is 0 Å². The van der Waals surface area contributed by atoms with Gasteiger partial charge in [-0.2, -0.15) is 13.2 Å². The van der Waals surface area contributed by atoms with Gasteiger partial charge in [0, 0.05) is 38.1 Å². The molecule has 2 aliphatic heterocycles. The minimum Gasteiger partial charge on any atom is -0.342 e. The topological polar surface area (TPSA) is 65.5 Å². The number of nitrogens with zero attached hydrogens (tertiary/aromatic N) is 3. The molecule has 1 aromatic carbocycles. The smallest absolute Gasteiger partial charge is 0.342 e. The van der Waals surface area contributed by atoms with E-state index in [0.717, 1.165) is 11.3 Å². The van der Waals surface area contributed by atoms with Gasteiger partial charge in [0.1, 0.15) is 6.42 Å². The van der Waals surface area contributed by atoms with Crippen molar-refractivity contribution in [2.24, 2.45) is 5.92 Å². The summed E-state index contributed by atoms with van der Waals surface area (Å²) in [5.74, 6) is -0.755. The van der Waals surface area contributed by atoms with Crippen LogP contribution in [0.2, 0.25) is 0 Å². The average Bonchev–Trinajstić information content (AvgIpc) is 2.73. The molecule has 0 saturated carbocycles. The van der Waals surface area contributed by atoms with E-state index in [0.29, 0.717) is 44.7 Å². The fourth-order valence-corrected chi connectivity index (χ4v) is 4.18. The van der Waals surface area contributed by atoms with Crippen molar-refractivity contribution in [1.82, 2.24) is 15.2 Å². The predicted octanol–water partition coefficient (Wildman–Crippen LogP) is 3.62. The third kappa shape index (κ3) is 5.09. The number of halogens is 3. The van der Waals surface area contributed by atoms with E-state index in [1.807, 2.05) is 30.3 Å². The summed E-state index contributed by atoms with van der Waals surface area (Å²) in [7, 11) is 0. The summed E-state index contributed by atoms with van der Waals surface area (Å²) in [6.07, 6.45) is -1.33. The minimum absolute atomic E-state index is 0.0148. The number of hydrogen-bond acceptors (Lipinski definition) is 4. The minimum atomic E-state index is -4.48. The first-order valence-corrected chi connectivity index (χ1v) is 10.7. The summed E-state index contributed by atoms with van der Waals surface area (Å²) in [6.45, 7) is 1.94. The lowest BCUT2D eigenvalue weighted by Gasteiger charge is -2.33. The van der Waals surface area contributed by atoms with Gasteiger partial charge in [-0.3, -0.25) is 19.5 Å². The second-order valence-corrected chi connectivity index (χ2v) is 8.28. The number of alkyl halides is 3. The number of rotatable bonds is 5. The maximum Gasteiger partial charge on any atom is 0.397 e. The van der Waals surface area contributed by atoms with Crippen LogP contribution in [0.4, 0.5) is 24.5 Å². The number of nitrogens with one attached hydrogen (secondary N) is 1. The van der Waals surface area contributed by atoms with Crippen LogP contribution < -0.4 is 10.2 Å². The van der Waals surface area contributed by atoms with Gasteiger partial charge < -0.3 is 10.2 Å². The van der Waals surface area contributed by atoms with Crippen molar-refractivity contribution in [1.29, 1.82) is 0 Å². The van der Waals surface area contributed by atoms with Gasteiger partial charge in [0.2, 0.25) is 11.8 Å². The van der Waals surface area contributed by atoms with E-state index in [9.17, 15) is 22.8 Å². The Kier molecular flexibility index (Phi) is 6.45. The van der Waals surface area contributed by atoms with E-state index < -0.39 is 18.5 Å². The normalized spacial score (nSPS) is 17.7. The van der Waals surface area contributed by atoms with Crippen molar-refractivity contribution < 1.29 is 22.8 Å². The Morgan fingerprint density at radius 1 is 1.06 bits per heavy atom. The fourth-order valence-electron chi connectivity index (χ4n) is 4.18. The molecule has 0 radical (unpaired) electrons. The SMILES string of the molecule is O=C(CC(F)(F)F)N1CCC(c2ccc(N(C(=O)C3CNC3)c3cccnc3)cc2)CC1. The Bertz CT molecular complexity index is 938. The van der Waals surface area contributed by atoms with E-state index in [-0.39, 0.29) is 17.7 Å². The molecule has 170 valence electrons. The monoisotopic (exact) mass is 446 g/mol. The van der Waals surface area contributed by atoms with Crippen molar-refractivity contribution in [3.63, 3.8) is 0 Å². The molecule has 1 aromatic heterocycles. The summed E-state index contributed by atoms with van der Waals surface area (Å²) < 4.78 is 37.4. The van der Waals surface area contributed by atoms with Gasteiger partial charge in [0.25, 0.3) is 0 Å². The summed E-state index contributed by atoms with van der Waals surface area (Å²) in [4.78, 5) is 32.0. The lowest BCUT2D eigenvalue weighted by Crippen LogP contribution is -2.51. The maximum atomic E-state index is 13.1. The van der Waals surface area contributed by atoms with Crippen molar-refractivity contribution in [3.05, 3.63) is 54.4 Å². The molecular weight excluding hydrogens is 421 g/mol. The highest BCUT2D eigenvalue weighted by Gasteiger charge is 2.35. The zero-order valence-electron chi connectivity index (χ0n) is 17.5. The molecule has 2 aromatic rings. The molecular formula is C23H25F3N4O2. The molecule has 1 N–H and O–H groups in total. The molecule has 9 heteroatoms. The first kappa shape index (κ1) is 22.3. The van der Waals surface area contributed by atoms with Crippen molar-refractivity contribution in [2.45, 2.75) is 31.4 Å². The van der Waals surface area contributed by atoms with E-state index in [2.05, 4.69) is 10.3 Å². The summed E-state index contributed by atoms with van der Waals surface area (Å²) in [6, 6.07) is 11.3. The highest BCUT2D eigenvalue weighted by molar-refractivity contribution is 6.02. The number of pyridine rings is 1. The molecule has 2 fully saturated rings. The predicted molar refractivity (Wildman–Crippen MR) is 113 cm³/mol. The van der Waals surface area contributed by atoms with E-state index in [1.165, 1.54) is 4.90 Å². The second-order valence-electron chi connectivity index (χ2n) is 8.28. The fraction of sp³-hybridized carbons (Fsp3) is 0.435. The van der Waals surface area contributed by atoms with Gasteiger partial charge in [-0.05, 0) is 48.6 Å². The summed E-state index contributed by atoms with van der Waals surface area (Å²) >= 11 is 0. The van der Waals surface area contributed by atoms with Crippen LogP contribution in [0.25, 0.3) is 0 Å². The standard InChI is InChI=1S/C23H25F3N4O2/c24-23(25,26)12-21(31)29-10-7-17(8-11-29)16-3-5-19(6-4-16)30(20-2-1-9-27-15-20)22(32)18-13-28-14-18/h1-6,9,15,17-18,28H,7-8,10-14H2. The Hall–Kier alpha value is -2.94. The first-order valence-electron chi connectivity index (χ1n) is 10.7. The van der Waals surface area contributed by atoms with Gasteiger partial charge in [-0.1, -0.05) is 12.1 Å². The van der Waals surface area contributed by atoms with Gasteiger partial charge in [-0.25, -0.2) is 0 Å². The average molecular weight is 446 g/mol. The highest BCUT2D eigenvalue weighted by atomic mass is 19.4. The van der Waals surface area contributed by atoms with Crippen LogP contribution in [0.15, 0.2) is 48.8 Å². The van der Waals surface area contributed by atoms with Crippen molar-refractivity contribution in [3.8, 4) is 0 Å². The molecule has 0 aliphatic carbocycles. The van der Waals surface area contributed by atoms with Crippen LogP contribution in [-0.4, -0.2) is 54.1 Å². The van der Waals surface area contributed by atoms with Crippen LogP contribution in [0.1, 0.15) is 30.7 Å². The molecule has 0 atom stereocenters. The van der Waals surface area contributed by atoms with Gasteiger partial charge in [0.15, 0.2) is 0 Å². The largest absolute Gasteiger partial charge is 0.397 e. The van der Waals surface area contributed by atoms with Crippen LogP contribution in [-0.2, 0) is 9.59 Å². The Morgan fingerprint density at radius 3 is 2.28 bits per heavy atom. The Morgan fingerprint density at radius 2 is 1.75 bits per heavy atom. The van der Waals surface area contributed by atoms with E-state index >= 15 is 0 Å². The number of anilines is 2. The van der Waals surface area contributed by atoms with Gasteiger partial charge in [0.05, 0.1) is 17.8 Å². The lowest BCUT2D eigenvalue weighted by molar-refractivity contribution is -0.162. The Labute approximate surface area is 184 Å². The zero-order valence-corrected chi connectivity index (χ0v) is 17.5. The van der Waals surface area contributed by atoms with Crippen LogP contribution in [0.5, 0.6) is 0 Å². The first-order chi connectivity index (χ1) is 15.3. The summed E-state index contributed by atoms with van der Waals surface area (Å²) in [5.41, 5.74) is 2.51. The number of carbonyl (C=O) groups excluding carboxylic acids is 2.